The number of anilines is 2. The van der Waals surface area contributed by atoms with E-state index in [1.807, 2.05) is 0 Å². The molecule has 2 heterocycles. The molecule has 13 heteroatoms. The molecular formula is C23H21ClFN5O5S. The zero-order valence-corrected chi connectivity index (χ0v) is 20.5. The van der Waals surface area contributed by atoms with E-state index in [4.69, 9.17) is 11.6 Å². The van der Waals surface area contributed by atoms with Crippen LogP contribution < -0.4 is 16.2 Å². The topological polar surface area (TPSA) is 130 Å². The van der Waals surface area contributed by atoms with Gasteiger partial charge in [-0.05, 0) is 42.5 Å². The summed E-state index contributed by atoms with van der Waals surface area (Å²) in [4.78, 5) is 38.0. The molecular weight excluding hydrogens is 513 g/mol. The van der Waals surface area contributed by atoms with Gasteiger partial charge in [0.2, 0.25) is 21.8 Å². The van der Waals surface area contributed by atoms with E-state index < -0.39 is 45.0 Å². The van der Waals surface area contributed by atoms with Gasteiger partial charge in [0.1, 0.15) is 5.82 Å². The van der Waals surface area contributed by atoms with Crippen molar-refractivity contribution in [2.24, 2.45) is 11.8 Å². The average Bonchev–Trinajstić information content (AvgIpc) is 3.29. The zero-order chi connectivity index (χ0) is 26.0. The van der Waals surface area contributed by atoms with Crippen molar-refractivity contribution in [3.63, 3.8) is 0 Å². The van der Waals surface area contributed by atoms with Crippen LogP contribution in [0.3, 0.4) is 0 Å². The predicted molar refractivity (Wildman–Crippen MR) is 132 cm³/mol. The van der Waals surface area contributed by atoms with Gasteiger partial charge >= 0.3 is 0 Å². The Bertz CT molecular complexity index is 1480. The van der Waals surface area contributed by atoms with Gasteiger partial charge in [0, 0.05) is 42.1 Å². The molecule has 0 radical (unpaired) electrons. The Hall–Kier alpha value is -3.61. The molecule has 0 bridgehead atoms. The van der Waals surface area contributed by atoms with Crippen molar-refractivity contribution >= 4 is 44.8 Å². The Morgan fingerprint density at radius 2 is 1.67 bits per heavy atom. The van der Waals surface area contributed by atoms with E-state index in [1.54, 1.807) is 24.3 Å². The van der Waals surface area contributed by atoms with Gasteiger partial charge < -0.3 is 10.6 Å². The fourth-order valence-corrected chi connectivity index (χ4v) is 4.84. The maximum Gasteiger partial charge on any atom is 0.271 e. The Morgan fingerprint density at radius 3 is 2.25 bits per heavy atom. The Balaban J connectivity index is 1.55. The molecule has 2 atom stereocenters. The summed E-state index contributed by atoms with van der Waals surface area (Å²) < 4.78 is 41.1. The van der Waals surface area contributed by atoms with Crippen molar-refractivity contribution < 1.29 is 22.4 Å². The molecule has 188 valence electrons. The van der Waals surface area contributed by atoms with Crippen LogP contribution in [-0.4, -0.2) is 53.7 Å². The minimum atomic E-state index is -3.69. The third kappa shape index (κ3) is 5.61. The molecule has 36 heavy (non-hydrogen) atoms. The number of benzene rings is 2. The lowest BCUT2D eigenvalue weighted by Crippen LogP contribution is -2.35. The van der Waals surface area contributed by atoms with E-state index in [0.29, 0.717) is 10.7 Å². The molecule has 1 saturated heterocycles. The quantitative estimate of drug-likeness (QED) is 0.499. The molecule has 2 N–H and O–H groups in total. The SMILES string of the molecule is CS(=O)(=O)N1C[C@H](C(=O)Nc2ccc(Cl)cc2)[C@@H](C(=O)Nc2ccc(-n3ncccc3=O)cc2F)C1. The normalized spacial score (nSPS) is 18.1. The van der Waals surface area contributed by atoms with Crippen LogP contribution in [0.4, 0.5) is 15.8 Å². The van der Waals surface area contributed by atoms with E-state index in [1.165, 1.54) is 30.5 Å². The molecule has 0 aliphatic carbocycles. The highest BCUT2D eigenvalue weighted by Crippen LogP contribution is 2.29. The second kappa shape index (κ2) is 10.2. The number of carbonyl (C=O) groups is 2. The second-order valence-corrected chi connectivity index (χ2v) is 10.6. The van der Waals surface area contributed by atoms with Gasteiger partial charge in [-0.25, -0.2) is 17.1 Å². The number of sulfonamides is 1. The van der Waals surface area contributed by atoms with Gasteiger partial charge in [-0.3, -0.25) is 14.4 Å². The van der Waals surface area contributed by atoms with Crippen LogP contribution >= 0.6 is 11.6 Å². The third-order valence-electron chi connectivity index (χ3n) is 5.71. The van der Waals surface area contributed by atoms with E-state index in [9.17, 15) is 27.2 Å². The lowest BCUT2D eigenvalue weighted by Gasteiger charge is -2.18. The largest absolute Gasteiger partial charge is 0.326 e. The number of hydrogen-bond donors (Lipinski definition) is 2. The Kier molecular flexibility index (Phi) is 7.20. The van der Waals surface area contributed by atoms with E-state index in [2.05, 4.69) is 15.7 Å². The highest BCUT2D eigenvalue weighted by atomic mass is 35.5. The predicted octanol–water partition coefficient (Wildman–Crippen LogP) is 2.11. The van der Waals surface area contributed by atoms with Crippen LogP contribution in [0, 0.1) is 17.7 Å². The number of rotatable bonds is 6. The summed E-state index contributed by atoms with van der Waals surface area (Å²) in [5.41, 5.74) is -0.0781. The van der Waals surface area contributed by atoms with E-state index in [-0.39, 0.29) is 24.5 Å². The number of carbonyl (C=O) groups excluding carboxylic acids is 2. The monoisotopic (exact) mass is 533 g/mol. The minimum absolute atomic E-state index is 0.153. The smallest absolute Gasteiger partial charge is 0.271 e. The van der Waals surface area contributed by atoms with Crippen molar-refractivity contribution in [2.45, 2.75) is 0 Å². The summed E-state index contributed by atoms with van der Waals surface area (Å²) in [6.07, 6.45) is 2.36. The van der Waals surface area contributed by atoms with Crippen molar-refractivity contribution in [2.75, 3.05) is 30.0 Å². The number of amides is 2. The van der Waals surface area contributed by atoms with Gasteiger partial charge in [-0.2, -0.15) is 9.78 Å². The average molecular weight is 534 g/mol. The standard InChI is InChI=1S/C23H21ClFN5O5S/c1-36(34,35)29-12-17(22(32)27-15-6-4-14(24)5-7-15)18(13-29)23(33)28-20-9-8-16(11-19(20)25)30-21(31)3-2-10-26-30/h2-11,17-18H,12-13H2,1H3,(H,27,32)(H,28,33)/t17-,18-/m0/s1. The molecule has 0 spiro atoms. The summed E-state index contributed by atoms with van der Waals surface area (Å²) in [5, 5.41) is 9.44. The van der Waals surface area contributed by atoms with Gasteiger partial charge in [0.15, 0.2) is 0 Å². The summed E-state index contributed by atoms with van der Waals surface area (Å²) in [6, 6.07) is 12.7. The number of nitrogens with zero attached hydrogens (tertiary/aromatic N) is 3. The van der Waals surface area contributed by atoms with E-state index >= 15 is 0 Å². The summed E-state index contributed by atoms with van der Waals surface area (Å²) in [5.74, 6) is -4.22. The highest BCUT2D eigenvalue weighted by molar-refractivity contribution is 7.88. The third-order valence-corrected chi connectivity index (χ3v) is 7.20. The maximum atomic E-state index is 14.8. The minimum Gasteiger partial charge on any atom is -0.326 e. The van der Waals surface area contributed by atoms with Gasteiger partial charge in [0.05, 0.1) is 29.5 Å². The first-order chi connectivity index (χ1) is 17.0. The van der Waals surface area contributed by atoms with Crippen LogP contribution in [-0.2, 0) is 19.6 Å². The first-order valence-electron chi connectivity index (χ1n) is 10.7. The van der Waals surface area contributed by atoms with Crippen molar-refractivity contribution in [1.82, 2.24) is 14.1 Å². The van der Waals surface area contributed by atoms with Crippen molar-refractivity contribution in [3.05, 3.63) is 82.0 Å². The molecule has 0 saturated carbocycles. The fraction of sp³-hybridized carbons (Fsp3) is 0.217. The number of halogens is 2. The number of nitrogens with one attached hydrogen (secondary N) is 2. The Labute approximate surface area is 210 Å². The van der Waals surface area contributed by atoms with Crippen LogP contribution in [0.25, 0.3) is 5.69 Å². The highest BCUT2D eigenvalue weighted by Gasteiger charge is 2.45. The summed E-state index contributed by atoms with van der Waals surface area (Å²) in [6.45, 7) is -0.452. The first kappa shape index (κ1) is 25.5. The second-order valence-electron chi connectivity index (χ2n) is 8.22. The number of hydrogen-bond acceptors (Lipinski definition) is 6. The summed E-state index contributed by atoms with van der Waals surface area (Å²) in [7, 11) is -3.69. The van der Waals surface area contributed by atoms with Gasteiger partial charge in [0.25, 0.3) is 5.56 Å². The molecule has 0 unspecified atom stereocenters. The maximum absolute atomic E-state index is 14.8. The van der Waals surface area contributed by atoms with Crippen molar-refractivity contribution in [1.29, 1.82) is 0 Å². The molecule has 10 nitrogen and oxygen atoms in total. The van der Waals surface area contributed by atoms with Crippen LogP contribution in [0.5, 0.6) is 0 Å². The Morgan fingerprint density at radius 1 is 1.03 bits per heavy atom. The first-order valence-corrected chi connectivity index (χ1v) is 12.9. The molecule has 2 aromatic carbocycles. The van der Waals surface area contributed by atoms with Crippen LogP contribution in [0.1, 0.15) is 0 Å². The number of aromatic nitrogens is 2. The molecule has 1 aliphatic rings. The molecule has 3 aromatic rings. The zero-order valence-electron chi connectivity index (χ0n) is 18.9. The molecule has 4 rings (SSSR count). The molecule has 1 aromatic heterocycles. The lowest BCUT2D eigenvalue weighted by atomic mass is 9.94. The summed E-state index contributed by atoms with van der Waals surface area (Å²) >= 11 is 5.86. The lowest BCUT2D eigenvalue weighted by molar-refractivity contribution is -0.127. The van der Waals surface area contributed by atoms with E-state index in [0.717, 1.165) is 21.3 Å². The van der Waals surface area contributed by atoms with Crippen molar-refractivity contribution in [3.8, 4) is 5.69 Å². The van der Waals surface area contributed by atoms with Gasteiger partial charge in [-0.1, -0.05) is 11.6 Å². The molecule has 2 amide bonds. The van der Waals surface area contributed by atoms with Gasteiger partial charge in [-0.15, -0.1) is 0 Å². The molecule has 1 aliphatic heterocycles. The fourth-order valence-electron chi connectivity index (χ4n) is 3.85. The van der Waals surface area contributed by atoms with Crippen LogP contribution in [0.2, 0.25) is 5.02 Å². The molecule has 1 fully saturated rings. The van der Waals surface area contributed by atoms with Crippen LogP contribution in [0.15, 0.2) is 65.6 Å².